The van der Waals surface area contributed by atoms with E-state index in [4.69, 9.17) is 11.6 Å². The molecule has 1 aromatic rings. The third-order valence-corrected chi connectivity index (χ3v) is 4.89. The Hall–Kier alpha value is -1.30. The molecule has 2 saturated heterocycles. The van der Waals surface area contributed by atoms with Crippen LogP contribution in [0.4, 0.5) is 5.69 Å². The zero-order valence-corrected chi connectivity index (χ0v) is 13.6. The van der Waals surface area contributed by atoms with Crippen LogP contribution in [0.3, 0.4) is 0 Å². The lowest BCUT2D eigenvalue weighted by molar-refractivity contribution is -0.124. The highest BCUT2D eigenvalue weighted by atomic mass is 35.5. The largest absolute Gasteiger partial charge is 0.371 e. The van der Waals surface area contributed by atoms with Crippen molar-refractivity contribution in [1.82, 2.24) is 16.2 Å². The van der Waals surface area contributed by atoms with Crippen molar-refractivity contribution < 1.29 is 4.79 Å². The van der Waals surface area contributed by atoms with Gasteiger partial charge in [0.2, 0.25) is 5.91 Å². The summed E-state index contributed by atoms with van der Waals surface area (Å²) < 4.78 is 0. The Bertz CT molecular complexity index is 521. The molecule has 2 heterocycles. The number of nitrogens with one attached hydrogen (secondary N) is 3. The summed E-state index contributed by atoms with van der Waals surface area (Å²) in [6, 6.07) is 8.15. The lowest BCUT2D eigenvalue weighted by Crippen LogP contribution is -2.40. The summed E-state index contributed by atoms with van der Waals surface area (Å²) in [5.74, 6) is 0.681. The van der Waals surface area contributed by atoms with Crippen LogP contribution in [0.1, 0.15) is 13.3 Å². The lowest BCUT2D eigenvalue weighted by Gasteiger charge is -2.19. The van der Waals surface area contributed by atoms with Gasteiger partial charge in [0.15, 0.2) is 0 Å². The van der Waals surface area contributed by atoms with Gasteiger partial charge in [0, 0.05) is 42.9 Å². The smallest absolute Gasteiger partial charge is 0.226 e. The molecule has 3 atom stereocenters. The van der Waals surface area contributed by atoms with Crippen LogP contribution in [0.15, 0.2) is 24.3 Å². The predicted octanol–water partition coefficient (Wildman–Crippen LogP) is 1.40. The van der Waals surface area contributed by atoms with Gasteiger partial charge in [-0.3, -0.25) is 15.6 Å². The average molecular weight is 323 g/mol. The molecule has 2 aliphatic rings. The second-order valence-electron chi connectivity index (χ2n) is 6.24. The Morgan fingerprint density at radius 1 is 1.41 bits per heavy atom. The fraction of sp³-hybridized carbons (Fsp3) is 0.562. The molecule has 3 rings (SSSR count). The van der Waals surface area contributed by atoms with Gasteiger partial charge in [-0.2, -0.15) is 0 Å². The van der Waals surface area contributed by atoms with Crippen molar-refractivity contribution in [3.05, 3.63) is 29.3 Å². The number of benzene rings is 1. The van der Waals surface area contributed by atoms with E-state index in [1.807, 2.05) is 19.1 Å². The Labute approximate surface area is 136 Å². The zero-order chi connectivity index (χ0) is 15.5. The van der Waals surface area contributed by atoms with Crippen molar-refractivity contribution in [2.45, 2.75) is 19.4 Å². The molecule has 1 aromatic carbocycles. The van der Waals surface area contributed by atoms with E-state index in [0.29, 0.717) is 12.5 Å². The van der Waals surface area contributed by atoms with Crippen LogP contribution in [-0.2, 0) is 4.79 Å². The van der Waals surface area contributed by atoms with E-state index in [2.05, 4.69) is 33.2 Å². The second-order valence-corrected chi connectivity index (χ2v) is 6.68. The molecule has 22 heavy (non-hydrogen) atoms. The summed E-state index contributed by atoms with van der Waals surface area (Å²) in [6.45, 7) is 5.51. The molecule has 3 unspecified atom stereocenters. The minimum atomic E-state index is 0.0220. The van der Waals surface area contributed by atoms with Gasteiger partial charge in [-0.1, -0.05) is 11.6 Å². The van der Waals surface area contributed by atoms with Crippen molar-refractivity contribution in [1.29, 1.82) is 0 Å². The molecule has 0 aromatic heterocycles. The first-order valence-electron chi connectivity index (χ1n) is 7.90. The molecule has 0 spiro atoms. The van der Waals surface area contributed by atoms with Gasteiger partial charge in [0.1, 0.15) is 0 Å². The van der Waals surface area contributed by atoms with Gasteiger partial charge in [-0.05, 0) is 43.5 Å². The fourth-order valence-electron chi connectivity index (χ4n) is 3.19. The first-order valence-corrected chi connectivity index (χ1v) is 8.28. The second kappa shape index (κ2) is 6.86. The summed E-state index contributed by atoms with van der Waals surface area (Å²) in [5, 5.41) is 3.87. The zero-order valence-electron chi connectivity index (χ0n) is 12.8. The first kappa shape index (κ1) is 15.6. The maximum absolute atomic E-state index is 12.2. The molecule has 0 saturated carbocycles. The van der Waals surface area contributed by atoms with Crippen molar-refractivity contribution >= 4 is 23.2 Å². The summed E-state index contributed by atoms with van der Waals surface area (Å²) in [7, 11) is 0. The van der Waals surface area contributed by atoms with E-state index in [1.165, 1.54) is 5.69 Å². The number of rotatable bonds is 4. The molecule has 2 fully saturated rings. The van der Waals surface area contributed by atoms with Gasteiger partial charge in [-0.15, -0.1) is 0 Å². The molecule has 0 bridgehead atoms. The third kappa shape index (κ3) is 3.54. The first-order chi connectivity index (χ1) is 10.6. The van der Waals surface area contributed by atoms with Crippen LogP contribution in [-0.4, -0.2) is 38.1 Å². The summed E-state index contributed by atoms with van der Waals surface area (Å²) in [4.78, 5) is 14.5. The fourth-order valence-corrected chi connectivity index (χ4v) is 3.31. The molecular weight excluding hydrogens is 300 g/mol. The molecule has 120 valence electrons. The topological polar surface area (TPSA) is 56.4 Å². The minimum Gasteiger partial charge on any atom is -0.371 e. The maximum atomic E-state index is 12.2. The number of carbonyl (C=O) groups excluding carboxylic acids is 1. The number of anilines is 1. The normalized spacial score (nSPS) is 28.1. The molecule has 0 aliphatic carbocycles. The summed E-state index contributed by atoms with van der Waals surface area (Å²) >= 11 is 5.93. The van der Waals surface area contributed by atoms with Crippen LogP contribution in [0, 0.1) is 11.8 Å². The highest BCUT2D eigenvalue weighted by Crippen LogP contribution is 2.24. The highest BCUT2D eigenvalue weighted by Gasteiger charge is 2.30. The van der Waals surface area contributed by atoms with Crippen LogP contribution in [0.25, 0.3) is 0 Å². The van der Waals surface area contributed by atoms with Gasteiger partial charge in [-0.25, -0.2) is 0 Å². The SMILES string of the molecule is CC1NNCC1C(=O)NCC1CCN(c2ccc(Cl)cc2)C1. The van der Waals surface area contributed by atoms with E-state index in [1.54, 1.807) is 0 Å². The molecule has 1 amide bonds. The quantitative estimate of drug-likeness (QED) is 0.784. The molecule has 2 aliphatic heterocycles. The summed E-state index contributed by atoms with van der Waals surface area (Å²) in [6.07, 6.45) is 1.11. The van der Waals surface area contributed by atoms with Crippen LogP contribution in [0.2, 0.25) is 5.02 Å². The van der Waals surface area contributed by atoms with Crippen molar-refractivity contribution in [2.24, 2.45) is 11.8 Å². The molecule has 0 radical (unpaired) electrons. The lowest BCUT2D eigenvalue weighted by atomic mass is 10.0. The number of amides is 1. The number of hydrazine groups is 1. The highest BCUT2D eigenvalue weighted by molar-refractivity contribution is 6.30. The minimum absolute atomic E-state index is 0.0220. The Morgan fingerprint density at radius 2 is 2.18 bits per heavy atom. The monoisotopic (exact) mass is 322 g/mol. The van der Waals surface area contributed by atoms with E-state index in [-0.39, 0.29) is 17.9 Å². The van der Waals surface area contributed by atoms with Gasteiger partial charge >= 0.3 is 0 Å². The summed E-state index contributed by atoms with van der Waals surface area (Å²) in [5.41, 5.74) is 7.32. The number of nitrogens with zero attached hydrogens (tertiary/aromatic N) is 1. The molecular formula is C16H23ClN4O. The molecule has 5 nitrogen and oxygen atoms in total. The Morgan fingerprint density at radius 3 is 2.86 bits per heavy atom. The number of carbonyl (C=O) groups is 1. The van der Waals surface area contributed by atoms with E-state index >= 15 is 0 Å². The Balaban J connectivity index is 1.47. The van der Waals surface area contributed by atoms with E-state index < -0.39 is 0 Å². The average Bonchev–Trinajstić information content (AvgIpc) is 3.14. The number of hydrogen-bond acceptors (Lipinski definition) is 4. The van der Waals surface area contributed by atoms with E-state index in [0.717, 1.165) is 31.1 Å². The van der Waals surface area contributed by atoms with Crippen LogP contribution < -0.4 is 21.1 Å². The van der Waals surface area contributed by atoms with Gasteiger partial charge < -0.3 is 10.2 Å². The standard InChI is InChI=1S/C16H23ClN4O/c1-11-15(9-19-20-11)16(22)18-8-12-6-7-21(10-12)14-4-2-13(17)3-5-14/h2-5,11-12,15,19-20H,6-10H2,1H3,(H,18,22). The predicted molar refractivity (Wildman–Crippen MR) is 88.9 cm³/mol. The van der Waals surface area contributed by atoms with E-state index in [9.17, 15) is 4.79 Å². The van der Waals surface area contributed by atoms with Crippen molar-refractivity contribution in [3.63, 3.8) is 0 Å². The number of halogens is 1. The number of hydrogen-bond donors (Lipinski definition) is 3. The van der Waals surface area contributed by atoms with Crippen molar-refractivity contribution in [2.75, 3.05) is 31.1 Å². The Kier molecular flexibility index (Phi) is 4.86. The maximum Gasteiger partial charge on any atom is 0.226 e. The molecule has 6 heteroatoms. The van der Waals surface area contributed by atoms with Crippen molar-refractivity contribution in [3.8, 4) is 0 Å². The molecule has 3 N–H and O–H groups in total. The van der Waals surface area contributed by atoms with Crippen LogP contribution >= 0.6 is 11.6 Å². The van der Waals surface area contributed by atoms with Gasteiger partial charge in [0.05, 0.1) is 5.92 Å². The third-order valence-electron chi connectivity index (χ3n) is 4.63. The van der Waals surface area contributed by atoms with Gasteiger partial charge in [0.25, 0.3) is 0 Å². The van der Waals surface area contributed by atoms with Crippen LogP contribution in [0.5, 0.6) is 0 Å².